The summed E-state index contributed by atoms with van der Waals surface area (Å²) in [5.41, 5.74) is 2.17. The summed E-state index contributed by atoms with van der Waals surface area (Å²) in [5.74, 6) is 0.135. The zero-order chi connectivity index (χ0) is 20.8. The Morgan fingerprint density at radius 3 is 2.52 bits per heavy atom. The van der Waals surface area contributed by atoms with Crippen molar-refractivity contribution in [1.29, 1.82) is 0 Å². The van der Waals surface area contributed by atoms with E-state index in [1.54, 1.807) is 80.0 Å². The summed E-state index contributed by atoms with van der Waals surface area (Å²) in [6.07, 6.45) is 3.09. The topological polar surface area (TPSA) is 71.5 Å². The quantitative estimate of drug-likeness (QED) is 0.660. The fourth-order valence-electron chi connectivity index (χ4n) is 2.83. The van der Waals surface area contributed by atoms with Gasteiger partial charge in [-0.3, -0.25) is 14.6 Å². The second-order valence-corrected chi connectivity index (χ2v) is 6.76. The largest absolute Gasteiger partial charge is 0.497 e. The normalized spacial score (nSPS) is 10.3. The first-order valence-electron chi connectivity index (χ1n) is 8.88. The fraction of sp³-hybridized carbons (Fsp3) is 0.136. The van der Waals surface area contributed by atoms with Crippen molar-refractivity contribution in [3.63, 3.8) is 0 Å². The van der Waals surface area contributed by atoms with Gasteiger partial charge in [-0.15, -0.1) is 0 Å². The van der Waals surface area contributed by atoms with Crippen LogP contribution in [0.4, 0.5) is 5.69 Å². The minimum absolute atomic E-state index is 0.171. The van der Waals surface area contributed by atoms with Gasteiger partial charge in [0.25, 0.3) is 11.8 Å². The Hall–Kier alpha value is -3.38. The maximum absolute atomic E-state index is 12.8. The summed E-state index contributed by atoms with van der Waals surface area (Å²) in [6, 6.07) is 15.5. The molecule has 0 spiro atoms. The lowest BCUT2D eigenvalue weighted by Gasteiger charge is -2.20. The molecule has 0 fully saturated rings. The zero-order valence-electron chi connectivity index (χ0n) is 16.1. The Labute approximate surface area is 174 Å². The monoisotopic (exact) mass is 409 g/mol. The number of halogens is 1. The average Bonchev–Trinajstić information content (AvgIpc) is 2.76. The predicted molar refractivity (Wildman–Crippen MR) is 112 cm³/mol. The number of benzene rings is 2. The molecular formula is C22H20ClN3O3. The number of carbonyl (C=O) groups is 2. The lowest BCUT2D eigenvalue weighted by Crippen LogP contribution is -2.27. The number of rotatable bonds is 6. The molecule has 0 atom stereocenters. The number of methoxy groups -OCH3 is 1. The molecule has 3 rings (SSSR count). The van der Waals surface area contributed by atoms with E-state index in [1.165, 1.54) is 0 Å². The van der Waals surface area contributed by atoms with E-state index in [-0.39, 0.29) is 18.4 Å². The second kappa shape index (κ2) is 9.21. The number of hydrogen-bond donors (Lipinski definition) is 1. The van der Waals surface area contributed by atoms with Gasteiger partial charge in [0.15, 0.2) is 0 Å². The summed E-state index contributed by atoms with van der Waals surface area (Å²) in [6.45, 7) is 0.266. The van der Waals surface area contributed by atoms with Gasteiger partial charge < -0.3 is 15.0 Å². The molecule has 0 saturated carbocycles. The van der Waals surface area contributed by atoms with Crippen LogP contribution in [0.3, 0.4) is 0 Å². The number of carbonyl (C=O) groups excluding carboxylic acids is 2. The van der Waals surface area contributed by atoms with Gasteiger partial charge in [-0.05, 0) is 42.0 Å². The maximum atomic E-state index is 12.8. The molecule has 148 valence electrons. The highest BCUT2D eigenvalue weighted by Crippen LogP contribution is 2.28. The molecule has 1 N–H and O–H groups in total. The van der Waals surface area contributed by atoms with E-state index in [4.69, 9.17) is 16.3 Å². The van der Waals surface area contributed by atoms with Gasteiger partial charge in [0.05, 0.1) is 17.8 Å². The SMILES string of the molecule is COc1cccc(C(=O)N(C)Cc2cccc(Cl)c2NC(=O)c2ccncc2)c1. The highest BCUT2D eigenvalue weighted by molar-refractivity contribution is 6.34. The van der Waals surface area contributed by atoms with Gasteiger partial charge in [-0.1, -0.05) is 29.8 Å². The minimum atomic E-state index is -0.302. The van der Waals surface area contributed by atoms with Crippen LogP contribution in [0.15, 0.2) is 67.0 Å². The van der Waals surface area contributed by atoms with Crippen molar-refractivity contribution < 1.29 is 14.3 Å². The van der Waals surface area contributed by atoms with Crippen LogP contribution in [0.25, 0.3) is 0 Å². The van der Waals surface area contributed by atoms with E-state index >= 15 is 0 Å². The summed E-state index contributed by atoms with van der Waals surface area (Å²) < 4.78 is 5.18. The summed E-state index contributed by atoms with van der Waals surface area (Å²) >= 11 is 6.33. The third kappa shape index (κ3) is 4.92. The molecule has 1 heterocycles. The summed E-state index contributed by atoms with van der Waals surface area (Å²) in [4.78, 5) is 30.8. The molecule has 3 aromatic rings. The molecule has 6 nitrogen and oxygen atoms in total. The maximum Gasteiger partial charge on any atom is 0.255 e. The van der Waals surface area contributed by atoms with Crippen LogP contribution >= 0.6 is 11.6 Å². The van der Waals surface area contributed by atoms with Crippen molar-refractivity contribution in [2.45, 2.75) is 6.54 Å². The molecule has 0 aliphatic heterocycles. The van der Waals surface area contributed by atoms with E-state index in [1.807, 2.05) is 6.07 Å². The van der Waals surface area contributed by atoms with Crippen LogP contribution in [-0.2, 0) is 6.54 Å². The fourth-order valence-corrected chi connectivity index (χ4v) is 3.07. The van der Waals surface area contributed by atoms with E-state index < -0.39 is 0 Å². The third-order valence-corrected chi connectivity index (χ3v) is 4.67. The molecular weight excluding hydrogens is 390 g/mol. The Morgan fingerprint density at radius 2 is 1.79 bits per heavy atom. The summed E-state index contributed by atoms with van der Waals surface area (Å²) in [7, 11) is 3.24. The molecule has 29 heavy (non-hydrogen) atoms. The van der Waals surface area contributed by atoms with Gasteiger partial charge in [0.2, 0.25) is 0 Å². The van der Waals surface area contributed by atoms with Crippen LogP contribution < -0.4 is 10.1 Å². The van der Waals surface area contributed by atoms with Crippen LogP contribution in [0.2, 0.25) is 5.02 Å². The highest BCUT2D eigenvalue weighted by atomic mass is 35.5. The smallest absolute Gasteiger partial charge is 0.255 e. The number of nitrogens with zero attached hydrogens (tertiary/aromatic N) is 2. The highest BCUT2D eigenvalue weighted by Gasteiger charge is 2.17. The Bertz CT molecular complexity index is 1020. The molecule has 2 aromatic carbocycles. The van der Waals surface area contributed by atoms with Gasteiger partial charge in [-0.2, -0.15) is 0 Å². The van der Waals surface area contributed by atoms with E-state index in [2.05, 4.69) is 10.3 Å². The van der Waals surface area contributed by atoms with Crippen molar-refractivity contribution in [1.82, 2.24) is 9.88 Å². The molecule has 0 aliphatic carbocycles. The predicted octanol–water partition coefficient (Wildman–Crippen LogP) is 4.27. The number of anilines is 1. The molecule has 0 unspecified atom stereocenters. The number of amides is 2. The minimum Gasteiger partial charge on any atom is -0.497 e. The van der Waals surface area contributed by atoms with Crippen LogP contribution in [-0.4, -0.2) is 35.9 Å². The van der Waals surface area contributed by atoms with Gasteiger partial charge >= 0.3 is 0 Å². The van der Waals surface area contributed by atoms with Crippen molar-refractivity contribution in [3.8, 4) is 5.75 Å². The number of hydrogen-bond acceptors (Lipinski definition) is 4. The van der Waals surface area contributed by atoms with Crippen molar-refractivity contribution >= 4 is 29.1 Å². The number of ether oxygens (including phenoxy) is 1. The number of para-hydroxylation sites is 1. The molecule has 0 aliphatic rings. The van der Waals surface area contributed by atoms with Crippen LogP contribution in [0, 0.1) is 0 Å². The summed E-state index contributed by atoms with van der Waals surface area (Å²) in [5, 5.41) is 3.24. The van der Waals surface area contributed by atoms with Crippen molar-refractivity contribution in [2.75, 3.05) is 19.5 Å². The van der Waals surface area contributed by atoms with Crippen molar-refractivity contribution in [2.24, 2.45) is 0 Å². The van der Waals surface area contributed by atoms with Gasteiger partial charge in [0.1, 0.15) is 5.75 Å². The second-order valence-electron chi connectivity index (χ2n) is 6.36. The van der Waals surface area contributed by atoms with Crippen LogP contribution in [0.1, 0.15) is 26.3 Å². The number of aromatic nitrogens is 1. The Morgan fingerprint density at radius 1 is 1.07 bits per heavy atom. The molecule has 7 heteroatoms. The van der Waals surface area contributed by atoms with Crippen LogP contribution in [0.5, 0.6) is 5.75 Å². The average molecular weight is 410 g/mol. The van der Waals surface area contributed by atoms with Crippen molar-refractivity contribution in [3.05, 3.63) is 88.7 Å². The number of pyridine rings is 1. The van der Waals surface area contributed by atoms with E-state index in [0.717, 1.165) is 5.56 Å². The first kappa shape index (κ1) is 20.4. The molecule has 1 aromatic heterocycles. The van der Waals surface area contributed by atoms with E-state index in [0.29, 0.717) is 27.6 Å². The van der Waals surface area contributed by atoms with E-state index in [9.17, 15) is 9.59 Å². The van der Waals surface area contributed by atoms with Gasteiger partial charge in [-0.25, -0.2) is 0 Å². The first-order chi connectivity index (χ1) is 14.0. The lowest BCUT2D eigenvalue weighted by atomic mass is 10.1. The standard InChI is InChI=1S/C22H20ClN3O3/c1-26(22(28)16-5-3-7-18(13-16)29-2)14-17-6-4-8-19(23)20(17)25-21(27)15-9-11-24-12-10-15/h3-13H,14H2,1-2H3,(H,25,27). The Balaban J connectivity index is 1.81. The molecule has 2 amide bonds. The third-order valence-electron chi connectivity index (χ3n) is 4.35. The lowest BCUT2D eigenvalue weighted by molar-refractivity contribution is 0.0785. The van der Waals surface area contributed by atoms with Gasteiger partial charge in [0, 0.05) is 37.1 Å². The Kier molecular flexibility index (Phi) is 6.46. The first-order valence-corrected chi connectivity index (χ1v) is 9.25. The number of nitrogens with one attached hydrogen (secondary N) is 1. The molecule has 0 saturated heterocycles. The molecule has 0 bridgehead atoms. The molecule has 0 radical (unpaired) electrons. The zero-order valence-corrected chi connectivity index (χ0v) is 16.8.